The molecule has 1 aromatic carbocycles. The highest BCUT2D eigenvalue weighted by atomic mass is 32.2. The summed E-state index contributed by atoms with van der Waals surface area (Å²) >= 11 is 0.416. The smallest absolute Gasteiger partial charge is 0.288 e. The molecule has 0 aliphatic carbocycles. The van der Waals surface area contributed by atoms with Crippen LogP contribution in [-0.2, 0) is 0 Å². The van der Waals surface area contributed by atoms with Gasteiger partial charge in [0, 0.05) is 50.2 Å². The Labute approximate surface area is 172 Å². The van der Waals surface area contributed by atoms with Crippen molar-refractivity contribution in [2.75, 3.05) is 49.1 Å². The van der Waals surface area contributed by atoms with Crippen LogP contribution in [0, 0.1) is 0 Å². The molecule has 0 unspecified atom stereocenters. The Balaban J connectivity index is 1.41. The number of halogens is 2. The third kappa shape index (κ3) is 4.60. The minimum Gasteiger partial charge on any atom is -0.356 e. The van der Waals surface area contributed by atoms with Crippen LogP contribution < -0.4 is 9.80 Å². The Morgan fingerprint density at radius 2 is 1.55 bits per heavy atom. The maximum Gasteiger partial charge on any atom is 0.288 e. The van der Waals surface area contributed by atoms with Crippen molar-refractivity contribution < 1.29 is 13.6 Å². The Morgan fingerprint density at radius 3 is 2.21 bits per heavy atom. The molecule has 0 bridgehead atoms. The molecule has 4 rings (SSSR count). The van der Waals surface area contributed by atoms with Gasteiger partial charge in [0.15, 0.2) is 0 Å². The van der Waals surface area contributed by atoms with Crippen molar-refractivity contribution in [2.24, 2.45) is 0 Å². The number of rotatable bonds is 5. The first-order valence-electron chi connectivity index (χ1n) is 9.77. The van der Waals surface area contributed by atoms with Crippen molar-refractivity contribution in [1.29, 1.82) is 0 Å². The molecule has 29 heavy (non-hydrogen) atoms. The van der Waals surface area contributed by atoms with Crippen LogP contribution in [0.25, 0.3) is 0 Å². The molecule has 154 valence electrons. The lowest BCUT2D eigenvalue weighted by Gasteiger charge is -2.36. The number of benzene rings is 1. The molecule has 2 fully saturated rings. The number of piperazine rings is 1. The van der Waals surface area contributed by atoms with E-state index in [0.717, 1.165) is 24.7 Å². The fraction of sp³-hybridized carbons (Fsp3) is 0.450. The Morgan fingerprint density at radius 1 is 0.931 bits per heavy atom. The summed E-state index contributed by atoms with van der Waals surface area (Å²) in [5, 5.41) is 0. The molecule has 1 amide bonds. The van der Waals surface area contributed by atoms with Crippen molar-refractivity contribution in [2.45, 2.75) is 23.5 Å². The number of alkyl halides is 2. The molecule has 6 nitrogen and oxygen atoms in total. The molecule has 2 saturated heterocycles. The van der Waals surface area contributed by atoms with Crippen LogP contribution in [0.3, 0.4) is 0 Å². The highest BCUT2D eigenvalue weighted by Gasteiger charge is 2.26. The Hall–Kier alpha value is -2.42. The van der Waals surface area contributed by atoms with E-state index >= 15 is 0 Å². The summed E-state index contributed by atoms with van der Waals surface area (Å²) in [7, 11) is 0. The number of amides is 1. The van der Waals surface area contributed by atoms with E-state index in [0.29, 0.717) is 48.4 Å². The zero-order valence-corrected chi connectivity index (χ0v) is 16.8. The summed E-state index contributed by atoms with van der Waals surface area (Å²) < 4.78 is 25.6. The first-order valence-corrected chi connectivity index (χ1v) is 10.6. The van der Waals surface area contributed by atoms with Gasteiger partial charge >= 0.3 is 0 Å². The first-order chi connectivity index (χ1) is 14.1. The first kappa shape index (κ1) is 19.9. The van der Waals surface area contributed by atoms with Crippen LogP contribution in [0.5, 0.6) is 0 Å². The number of hydrogen-bond donors (Lipinski definition) is 0. The molecule has 2 aromatic rings. The number of thioether (sulfide) groups is 1. The lowest BCUT2D eigenvalue weighted by atomic mass is 10.2. The second kappa shape index (κ2) is 8.94. The lowest BCUT2D eigenvalue weighted by Crippen LogP contribution is -2.49. The normalized spacial score (nSPS) is 17.3. The van der Waals surface area contributed by atoms with E-state index in [2.05, 4.69) is 19.8 Å². The van der Waals surface area contributed by atoms with Gasteiger partial charge in [-0.1, -0.05) is 23.9 Å². The number of carbonyl (C=O) groups is 1. The van der Waals surface area contributed by atoms with Crippen LogP contribution in [0.1, 0.15) is 23.2 Å². The summed E-state index contributed by atoms with van der Waals surface area (Å²) in [6, 6.07) is 8.58. The van der Waals surface area contributed by atoms with Gasteiger partial charge in [0.1, 0.15) is 18.0 Å². The van der Waals surface area contributed by atoms with Crippen LogP contribution in [0.2, 0.25) is 0 Å². The molecule has 0 radical (unpaired) electrons. The molecule has 9 heteroatoms. The molecule has 3 heterocycles. The van der Waals surface area contributed by atoms with Gasteiger partial charge in [-0.25, -0.2) is 9.97 Å². The molecule has 0 N–H and O–H groups in total. The predicted molar refractivity (Wildman–Crippen MR) is 110 cm³/mol. The average Bonchev–Trinajstić information content (AvgIpc) is 3.29. The number of hydrogen-bond acceptors (Lipinski definition) is 6. The molecule has 0 atom stereocenters. The predicted octanol–water partition coefficient (Wildman–Crippen LogP) is 3.35. The van der Waals surface area contributed by atoms with Crippen molar-refractivity contribution in [3.63, 3.8) is 0 Å². The third-order valence-electron chi connectivity index (χ3n) is 5.29. The molecule has 2 aliphatic heterocycles. The van der Waals surface area contributed by atoms with Crippen molar-refractivity contribution in [1.82, 2.24) is 14.9 Å². The van der Waals surface area contributed by atoms with Crippen LogP contribution in [0.15, 0.2) is 41.6 Å². The van der Waals surface area contributed by atoms with Crippen LogP contribution in [-0.4, -0.2) is 65.8 Å². The van der Waals surface area contributed by atoms with Gasteiger partial charge in [-0.2, -0.15) is 8.78 Å². The zero-order valence-electron chi connectivity index (χ0n) is 16.0. The summed E-state index contributed by atoms with van der Waals surface area (Å²) in [6.45, 7) is 4.38. The topological polar surface area (TPSA) is 52.6 Å². The third-order valence-corrected chi connectivity index (χ3v) is 6.08. The molecular formula is C20H23F2N5OS. The van der Waals surface area contributed by atoms with Crippen molar-refractivity contribution >= 4 is 29.3 Å². The highest BCUT2D eigenvalue weighted by molar-refractivity contribution is 7.99. The van der Waals surface area contributed by atoms with Gasteiger partial charge in [-0.3, -0.25) is 4.79 Å². The number of carbonyl (C=O) groups excluding carboxylic acids is 1. The quantitative estimate of drug-likeness (QED) is 0.693. The number of anilines is 2. The molecule has 0 spiro atoms. The van der Waals surface area contributed by atoms with Crippen molar-refractivity contribution in [3.8, 4) is 0 Å². The average molecular weight is 420 g/mol. The fourth-order valence-corrected chi connectivity index (χ4v) is 4.41. The molecule has 1 aromatic heterocycles. The minimum absolute atomic E-state index is 0.200. The second-order valence-corrected chi connectivity index (χ2v) is 8.11. The zero-order chi connectivity index (χ0) is 20.2. The van der Waals surface area contributed by atoms with Crippen LogP contribution in [0.4, 0.5) is 20.4 Å². The van der Waals surface area contributed by atoms with Gasteiger partial charge in [0.25, 0.3) is 11.7 Å². The monoisotopic (exact) mass is 419 g/mol. The van der Waals surface area contributed by atoms with Gasteiger partial charge in [-0.05, 0) is 25.0 Å². The maximum atomic E-state index is 12.9. The Kier molecular flexibility index (Phi) is 6.13. The van der Waals surface area contributed by atoms with Crippen LogP contribution >= 0.6 is 11.8 Å². The van der Waals surface area contributed by atoms with E-state index in [1.165, 1.54) is 12.8 Å². The molecule has 2 aliphatic rings. The van der Waals surface area contributed by atoms with E-state index in [1.54, 1.807) is 35.5 Å². The second-order valence-electron chi connectivity index (χ2n) is 7.08. The summed E-state index contributed by atoms with van der Waals surface area (Å²) in [6.07, 6.45) is 3.97. The fourth-order valence-electron chi connectivity index (χ4n) is 3.78. The SMILES string of the molecule is O=C(c1ccccc1SC(F)F)N1CCN(c2cc(N3CCCC3)ncn2)CC1. The standard InChI is InChI=1S/C20H23F2N5OS/c21-20(22)29-16-6-2-1-5-15(16)19(28)27-11-9-26(10-12-27)18-13-17(23-14-24-18)25-7-3-4-8-25/h1-2,5-6,13-14,20H,3-4,7-12H2. The van der Waals surface area contributed by atoms with Gasteiger partial charge in [0.05, 0.1) is 5.56 Å². The molecule has 0 saturated carbocycles. The summed E-state index contributed by atoms with van der Waals surface area (Å²) in [5.74, 6) is -0.941. The van der Waals surface area contributed by atoms with E-state index in [4.69, 9.17) is 0 Å². The number of aromatic nitrogens is 2. The molecular weight excluding hydrogens is 396 g/mol. The summed E-state index contributed by atoms with van der Waals surface area (Å²) in [5.41, 5.74) is 0.338. The van der Waals surface area contributed by atoms with E-state index in [9.17, 15) is 13.6 Å². The van der Waals surface area contributed by atoms with Gasteiger partial charge in [0.2, 0.25) is 0 Å². The van der Waals surface area contributed by atoms with E-state index < -0.39 is 5.76 Å². The van der Waals surface area contributed by atoms with E-state index in [1.807, 2.05) is 6.07 Å². The van der Waals surface area contributed by atoms with Crippen molar-refractivity contribution in [3.05, 3.63) is 42.2 Å². The maximum absolute atomic E-state index is 12.9. The van der Waals surface area contributed by atoms with Gasteiger partial charge < -0.3 is 14.7 Å². The largest absolute Gasteiger partial charge is 0.356 e. The van der Waals surface area contributed by atoms with E-state index in [-0.39, 0.29) is 5.91 Å². The minimum atomic E-state index is -2.55. The highest BCUT2D eigenvalue weighted by Crippen LogP contribution is 2.29. The lowest BCUT2D eigenvalue weighted by molar-refractivity contribution is 0.0743. The number of nitrogens with zero attached hydrogens (tertiary/aromatic N) is 5. The summed E-state index contributed by atoms with van der Waals surface area (Å²) in [4.78, 5) is 28.1. The Bertz CT molecular complexity index is 854. The van der Waals surface area contributed by atoms with Gasteiger partial charge in [-0.15, -0.1) is 0 Å².